The van der Waals surface area contributed by atoms with Crippen molar-refractivity contribution in [1.82, 2.24) is 4.72 Å². The van der Waals surface area contributed by atoms with E-state index in [1.807, 2.05) is 20.8 Å². The van der Waals surface area contributed by atoms with Gasteiger partial charge in [0.25, 0.3) is 0 Å². The molecule has 0 saturated carbocycles. The fourth-order valence-corrected chi connectivity index (χ4v) is 3.35. The van der Waals surface area contributed by atoms with Gasteiger partial charge in [-0.15, -0.1) is 0 Å². The first-order valence-corrected chi connectivity index (χ1v) is 9.71. The van der Waals surface area contributed by atoms with Crippen LogP contribution in [0.25, 0.3) is 0 Å². The van der Waals surface area contributed by atoms with E-state index in [-0.39, 0.29) is 11.4 Å². The van der Waals surface area contributed by atoms with Crippen molar-refractivity contribution < 1.29 is 13.2 Å². The lowest BCUT2D eigenvalue weighted by Crippen LogP contribution is -2.33. The van der Waals surface area contributed by atoms with E-state index in [9.17, 15) is 13.2 Å². The molecular weight excluding hydrogens is 360 g/mol. The maximum Gasteiger partial charge on any atom is 0.241 e. The van der Waals surface area contributed by atoms with Gasteiger partial charge in [-0.1, -0.05) is 43.6 Å². The second-order valence-corrected chi connectivity index (χ2v) is 8.26. The topological polar surface area (TPSA) is 75.3 Å². The van der Waals surface area contributed by atoms with Crippen molar-refractivity contribution in [2.24, 2.45) is 0 Å². The minimum atomic E-state index is -3.75. The number of aryl methyl sites for hydroxylation is 1. The molecule has 0 unspecified atom stereocenters. The molecule has 2 N–H and O–H groups in total. The van der Waals surface area contributed by atoms with Crippen LogP contribution < -0.4 is 10.0 Å². The van der Waals surface area contributed by atoms with E-state index in [0.717, 1.165) is 11.1 Å². The van der Waals surface area contributed by atoms with Gasteiger partial charge in [0.15, 0.2) is 0 Å². The van der Waals surface area contributed by atoms with E-state index >= 15 is 0 Å². The Hall–Kier alpha value is -1.89. The quantitative estimate of drug-likeness (QED) is 0.802. The smallest absolute Gasteiger partial charge is 0.241 e. The molecule has 0 aromatic heterocycles. The summed E-state index contributed by atoms with van der Waals surface area (Å²) >= 11 is 5.90. The Balaban J connectivity index is 2.01. The molecule has 0 heterocycles. The van der Waals surface area contributed by atoms with Crippen molar-refractivity contribution in [2.45, 2.75) is 31.6 Å². The molecule has 0 aliphatic carbocycles. The Morgan fingerprint density at radius 3 is 2.36 bits per heavy atom. The SMILES string of the molecule is Cc1ccc(Cl)cc1NC(=O)CNS(=O)(=O)c1ccc(C(C)C)cc1. The van der Waals surface area contributed by atoms with Crippen molar-refractivity contribution in [3.63, 3.8) is 0 Å². The molecule has 134 valence electrons. The van der Waals surface area contributed by atoms with Gasteiger partial charge in [0.1, 0.15) is 0 Å². The zero-order chi connectivity index (χ0) is 18.6. The molecule has 0 aliphatic heterocycles. The average Bonchev–Trinajstić information content (AvgIpc) is 2.56. The van der Waals surface area contributed by atoms with Gasteiger partial charge in [-0.25, -0.2) is 13.1 Å². The monoisotopic (exact) mass is 380 g/mol. The Morgan fingerprint density at radius 2 is 1.76 bits per heavy atom. The molecule has 2 aromatic carbocycles. The standard InChI is InChI=1S/C18H21ClN2O3S/c1-12(2)14-5-8-16(9-6-14)25(23,24)20-11-18(22)21-17-10-15(19)7-4-13(17)3/h4-10,12,20H,11H2,1-3H3,(H,21,22). The van der Waals surface area contributed by atoms with E-state index in [0.29, 0.717) is 16.6 Å². The van der Waals surface area contributed by atoms with E-state index < -0.39 is 15.9 Å². The van der Waals surface area contributed by atoms with E-state index in [1.165, 1.54) is 12.1 Å². The minimum Gasteiger partial charge on any atom is -0.325 e. The highest BCUT2D eigenvalue weighted by Crippen LogP contribution is 2.20. The van der Waals surface area contributed by atoms with Gasteiger partial charge in [0, 0.05) is 10.7 Å². The van der Waals surface area contributed by atoms with Gasteiger partial charge < -0.3 is 5.32 Å². The fraction of sp³-hybridized carbons (Fsp3) is 0.278. The number of hydrogen-bond donors (Lipinski definition) is 2. The van der Waals surface area contributed by atoms with E-state index in [1.54, 1.807) is 30.3 Å². The third-order valence-corrected chi connectivity index (χ3v) is 5.41. The largest absolute Gasteiger partial charge is 0.325 e. The first kappa shape index (κ1) is 19.4. The summed E-state index contributed by atoms with van der Waals surface area (Å²) < 4.78 is 26.9. The molecule has 0 atom stereocenters. The lowest BCUT2D eigenvalue weighted by atomic mass is 10.0. The molecule has 2 rings (SSSR count). The molecule has 2 aromatic rings. The average molecular weight is 381 g/mol. The number of amides is 1. The molecule has 0 radical (unpaired) electrons. The number of sulfonamides is 1. The predicted molar refractivity (Wildman–Crippen MR) is 101 cm³/mol. The molecule has 0 aliphatic rings. The van der Waals surface area contributed by atoms with E-state index in [2.05, 4.69) is 10.0 Å². The van der Waals surface area contributed by atoms with Gasteiger partial charge in [-0.2, -0.15) is 0 Å². The van der Waals surface area contributed by atoms with Crippen LogP contribution in [0.4, 0.5) is 5.69 Å². The summed E-state index contributed by atoms with van der Waals surface area (Å²) in [5, 5.41) is 3.14. The Bertz CT molecular complexity index is 862. The summed E-state index contributed by atoms with van der Waals surface area (Å²) in [6.45, 7) is 5.53. The van der Waals surface area contributed by atoms with Crippen LogP contribution in [0, 0.1) is 6.92 Å². The van der Waals surface area contributed by atoms with Crippen LogP contribution in [0.2, 0.25) is 5.02 Å². The summed E-state index contributed by atoms with van der Waals surface area (Å²) in [6, 6.07) is 11.7. The Labute approximate surface area is 153 Å². The Kier molecular flexibility index (Phi) is 6.21. The van der Waals surface area contributed by atoms with Gasteiger partial charge >= 0.3 is 0 Å². The van der Waals surface area contributed by atoms with Crippen molar-refractivity contribution in [1.29, 1.82) is 0 Å². The fourth-order valence-electron chi connectivity index (χ4n) is 2.20. The van der Waals surface area contributed by atoms with Crippen LogP contribution in [-0.4, -0.2) is 20.9 Å². The zero-order valence-corrected chi connectivity index (χ0v) is 15.9. The van der Waals surface area contributed by atoms with Crippen molar-refractivity contribution in [2.75, 3.05) is 11.9 Å². The third-order valence-electron chi connectivity index (χ3n) is 3.75. The lowest BCUT2D eigenvalue weighted by molar-refractivity contribution is -0.115. The van der Waals surface area contributed by atoms with Crippen LogP contribution in [0.3, 0.4) is 0 Å². The maximum atomic E-state index is 12.3. The van der Waals surface area contributed by atoms with Crippen LogP contribution in [0.1, 0.15) is 30.9 Å². The summed E-state index contributed by atoms with van der Waals surface area (Å²) in [4.78, 5) is 12.1. The highest BCUT2D eigenvalue weighted by Gasteiger charge is 2.16. The van der Waals surface area contributed by atoms with Crippen molar-refractivity contribution in [3.05, 3.63) is 58.6 Å². The van der Waals surface area contributed by atoms with Crippen LogP contribution in [0.15, 0.2) is 47.4 Å². The summed E-state index contributed by atoms with van der Waals surface area (Å²) in [6.07, 6.45) is 0. The highest BCUT2D eigenvalue weighted by atomic mass is 35.5. The normalized spacial score (nSPS) is 11.6. The van der Waals surface area contributed by atoms with Crippen LogP contribution in [-0.2, 0) is 14.8 Å². The molecule has 0 saturated heterocycles. The number of rotatable bonds is 6. The number of carbonyl (C=O) groups is 1. The van der Waals surface area contributed by atoms with Gasteiger partial charge in [0.2, 0.25) is 15.9 Å². The number of hydrogen-bond acceptors (Lipinski definition) is 3. The molecule has 0 spiro atoms. The first-order valence-electron chi connectivity index (χ1n) is 7.84. The maximum absolute atomic E-state index is 12.3. The zero-order valence-electron chi connectivity index (χ0n) is 14.3. The lowest BCUT2D eigenvalue weighted by Gasteiger charge is -2.11. The molecule has 7 heteroatoms. The van der Waals surface area contributed by atoms with Gasteiger partial charge in [-0.05, 0) is 48.2 Å². The van der Waals surface area contributed by atoms with Gasteiger partial charge in [0.05, 0.1) is 11.4 Å². The molecule has 1 amide bonds. The Morgan fingerprint density at radius 1 is 1.12 bits per heavy atom. The first-order chi connectivity index (χ1) is 11.7. The third kappa shape index (κ3) is 5.29. The second kappa shape index (κ2) is 7.99. The summed E-state index contributed by atoms with van der Waals surface area (Å²) in [7, 11) is -3.75. The number of anilines is 1. The molecule has 0 bridgehead atoms. The van der Waals surface area contributed by atoms with E-state index in [4.69, 9.17) is 11.6 Å². The number of benzene rings is 2. The number of nitrogens with one attached hydrogen (secondary N) is 2. The van der Waals surface area contributed by atoms with Crippen LogP contribution in [0.5, 0.6) is 0 Å². The van der Waals surface area contributed by atoms with Crippen molar-refractivity contribution >= 4 is 33.2 Å². The number of halogens is 1. The highest BCUT2D eigenvalue weighted by molar-refractivity contribution is 7.89. The molecule has 0 fully saturated rings. The molecule has 5 nitrogen and oxygen atoms in total. The summed E-state index contributed by atoms with van der Waals surface area (Å²) in [5.41, 5.74) is 2.44. The molecule has 25 heavy (non-hydrogen) atoms. The summed E-state index contributed by atoms with van der Waals surface area (Å²) in [5.74, 6) is -0.149. The second-order valence-electron chi connectivity index (χ2n) is 6.06. The predicted octanol–water partition coefficient (Wildman–Crippen LogP) is 3.69. The molecular formula is C18H21ClN2O3S. The van der Waals surface area contributed by atoms with Gasteiger partial charge in [-0.3, -0.25) is 4.79 Å². The minimum absolute atomic E-state index is 0.128. The van der Waals surface area contributed by atoms with Crippen LogP contribution >= 0.6 is 11.6 Å². The van der Waals surface area contributed by atoms with Crippen molar-refractivity contribution in [3.8, 4) is 0 Å². The number of carbonyl (C=O) groups excluding carboxylic acids is 1.